The van der Waals surface area contributed by atoms with E-state index < -0.39 is 0 Å². The lowest BCUT2D eigenvalue weighted by Gasteiger charge is -2.30. The molecule has 156 valence electrons. The molecule has 1 fully saturated rings. The molecule has 0 saturated carbocycles. The molecule has 1 N–H and O–H groups in total. The molecule has 1 saturated heterocycles. The van der Waals surface area contributed by atoms with Gasteiger partial charge in [0.05, 0.1) is 17.6 Å². The van der Waals surface area contributed by atoms with Crippen molar-refractivity contribution >= 4 is 17.5 Å². The molecule has 1 aliphatic heterocycles. The lowest BCUT2D eigenvalue weighted by molar-refractivity contribution is -0.121. The highest BCUT2D eigenvalue weighted by Crippen LogP contribution is 2.21. The minimum atomic E-state index is -0.326. The average molecular weight is 410 g/mol. The van der Waals surface area contributed by atoms with Crippen LogP contribution in [-0.4, -0.2) is 49.4 Å². The second-order valence-corrected chi connectivity index (χ2v) is 7.26. The fourth-order valence-electron chi connectivity index (χ4n) is 3.53. The van der Waals surface area contributed by atoms with Crippen molar-refractivity contribution in [1.29, 1.82) is 0 Å². The number of amides is 2. The van der Waals surface area contributed by atoms with Gasteiger partial charge in [0.15, 0.2) is 5.69 Å². The molecular weight excluding hydrogens is 387 g/mol. The predicted octanol–water partition coefficient (Wildman–Crippen LogP) is 2.72. The third-order valence-corrected chi connectivity index (χ3v) is 5.28. The summed E-state index contributed by atoms with van der Waals surface area (Å²) in [6.07, 6.45) is 6.30. The molecule has 2 amide bonds. The number of benzene rings is 1. The molecule has 9 heteroatoms. The number of carbonyl (C=O) groups is 2. The van der Waals surface area contributed by atoms with Crippen molar-refractivity contribution < 1.29 is 14.0 Å². The molecule has 0 aliphatic carbocycles. The molecule has 0 spiro atoms. The number of halogens is 1. The van der Waals surface area contributed by atoms with Crippen molar-refractivity contribution in [2.24, 2.45) is 5.92 Å². The van der Waals surface area contributed by atoms with Crippen LogP contribution in [0.2, 0.25) is 0 Å². The number of piperidine rings is 1. The number of aryl methyl sites for hydroxylation is 1. The Hall–Kier alpha value is -3.49. The van der Waals surface area contributed by atoms with Crippen molar-refractivity contribution in [3.05, 3.63) is 60.4 Å². The zero-order valence-electron chi connectivity index (χ0n) is 16.7. The largest absolute Gasteiger partial charge is 0.337 e. The minimum Gasteiger partial charge on any atom is -0.337 e. The van der Waals surface area contributed by atoms with Crippen LogP contribution in [0.4, 0.5) is 10.1 Å². The van der Waals surface area contributed by atoms with E-state index in [4.69, 9.17) is 0 Å². The lowest BCUT2D eigenvalue weighted by atomic mass is 9.95. The van der Waals surface area contributed by atoms with Gasteiger partial charge in [0, 0.05) is 37.9 Å². The Balaban J connectivity index is 1.33. The van der Waals surface area contributed by atoms with E-state index in [0.717, 1.165) is 6.54 Å². The SMILES string of the molecule is CCn1cc(NC(=O)C2CCN(C(=O)c3ccn(-c4ccc(F)cc4)n3)CC2)cn1. The van der Waals surface area contributed by atoms with Gasteiger partial charge in [-0.2, -0.15) is 10.2 Å². The number of nitrogens with zero attached hydrogens (tertiary/aromatic N) is 5. The van der Waals surface area contributed by atoms with Crippen LogP contribution in [0, 0.1) is 11.7 Å². The molecule has 0 bridgehead atoms. The molecule has 4 rings (SSSR count). The molecule has 1 aliphatic rings. The van der Waals surface area contributed by atoms with E-state index in [1.807, 2.05) is 6.92 Å². The standard InChI is InChI=1S/C21H23FN6O2/c1-2-27-14-17(13-23-27)24-20(29)15-7-10-26(11-8-15)21(30)19-9-12-28(25-19)18-5-3-16(22)4-6-18/h3-6,9,12-15H,2,7-8,10-11H2,1H3,(H,24,29). The second kappa shape index (κ2) is 8.48. The number of hydrogen-bond donors (Lipinski definition) is 1. The summed E-state index contributed by atoms with van der Waals surface area (Å²) in [5.74, 6) is -0.679. The van der Waals surface area contributed by atoms with Gasteiger partial charge in [0.2, 0.25) is 5.91 Å². The molecular formula is C21H23FN6O2. The quantitative estimate of drug-likeness (QED) is 0.701. The Morgan fingerprint density at radius 2 is 1.90 bits per heavy atom. The molecule has 2 aromatic heterocycles. The molecule has 0 atom stereocenters. The van der Waals surface area contributed by atoms with Crippen LogP contribution in [0.25, 0.3) is 5.69 Å². The third-order valence-electron chi connectivity index (χ3n) is 5.28. The van der Waals surface area contributed by atoms with Crippen molar-refractivity contribution in [2.45, 2.75) is 26.3 Å². The van der Waals surface area contributed by atoms with Crippen LogP contribution < -0.4 is 5.32 Å². The summed E-state index contributed by atoms with van der Waals surface area (Å²) in [6.45, 7) is 3.71. The van der Waals surface area contributed by atoms with Gasteiger partial charge in [-0.25, -0.2) is 9.07 Å². The molecule has 8 nitrogen and oxygen atoms in total. The maximum Gasteiger partial charge on any atom is 0.274 e. The fourth-order valence-corrected chi connectivity index (χ4v) is 3.53. The van der Waals surface area contributed by atoms with E-state index in [1.54, 1.807) is 51.1 Å². The molecule has 30 heavy (non-hydrogen) atoms. The van der Waals surface area contributed by atoms with E-state index in [0.29, 0.717) is 43.0 Å². The summed E-state index contributed by atoms with van der Waals surface area (Å²) in [5, 5.41) is 11.4. The minimum absolute atomic E-state index is 0.0432. The predicted molar refractivity (Wildman–Crippen MR) is 109 cm³/mol. The number of carbonyl (C=O) groups excluding carboxylic acids is 2. The first-order valence-corrected chi connectivity index (χ1v) is 9.97. The smallest absolute Gasteiger partial charge is 0.274 e. The summed E-state index contributed by atoms with van der Waals surface area (Å²) >= 11 is 0. The highest BCUT2D eigenvalue weighted by molar-refractivity contribution is 5.94. The maximum atomic E-state index is 13.1. The van der Waals surface area contributed by atoms with Crippen LogP contribution >= 0.6 is 0 Å². The van der Waals surface area contributed by atoms with Gasteiger partial charge in [-0.1, -0.05) is 0 Å². The molecule has 0 unspecified atom stereocenters. The highest BCUT2D eigenvalue weighted by atomic mass is 19.1. The Labute approximate surface area is 173 Å². The molecule has 3 heterocycles. The van der Waals surface area contributed by atoms with Gasteiger partial charge in [-0.15, -0.1) is 0 Å². The van der Waals surface area contributed by atoms with E-state index in [2.05, 4.69) is 15.5 Å². The number of rotatable bonds is 5. The van der Waals surface area contributed by atoms with Crippen LogP contribution in [0.15, 0.2) is 48.9 Å². The Kier molecular flexibility index (Phi) is 5.60. The summed E-state index contributed by atoms with van der Waals surface area (Å²) in [4.78, 5) is 27.0. The van der Waals surface area contributed by atoms with Crippen LogP contribution in [0.5, 0.6) is 0 Å². The normalized spacial score (nSPS) is 14.7. The zero-order chi connectivity index (χ0) is 21.1. The van der Waals surface area contributed by atoms with Crippen LogP contribution in [0.3, 0.4) is 0 Å². The van der Waals surface area contributed by atoms with Gasteiger partial charge in [0.1, 0.15) is 5.82 Å². The van der Waals surface area contributed by atoms with Crippen molar-refractivity contribution in [2.75, 3.05) is 18.4 Å². The van der Waals surface area contributed by atoms with Gasteiger partial charge in [-0.05, 0) is 50.1 Å². The van der Waals surface area contributed by atoms with E-state index in [9.17, 15) is 14.0 Å². The van der Waals surface area contributed by atoms with E-state index in [1.165, 1.54) is 12.1 Å². The first-order valence-electron chi connectivity index (χ1n) is 9.97. The molecule has 3 aromatic rings. The van der Waals surface area contributed by atoms with Gasteiger partial charge >= 0.3 is 0 Å². The van der Waals surface area contributed by atoms with E-state index in [-0.39, 0.29) is 23.5 Å². The Morgan fingerprint density at radius 1 is 1.17 bits per heavy atom. The molecule has 0 radical (unpaired) electrons. The van der Waals surface area contributed by atoms with Crippen molar-refractivity contribution in [3.8, 4) is 5.69 Å². The fraction of sp³-hybridized carbons (Fsp3) is 0.333. The Bertz CT molecular complexity index is 1030. The van der Waals surface area contributed by atoms with Crippen molar-refractivity contribution in [3.63, 3.8) is 0 Å². The molecule has 1 aromatic carbocycles. The van der Waals surface area contributed by atoms with E-state index >= 15 is 0 Å². The lowest BCUT2D eigenvalue weighted by Crippen LogP contribution is -2.41. The summed E-state index contributed by atoms with van der Waals surface area (Å²) in [7, 11) is 0. The Morgan fingerprint density at radius 3 is 2.57 bits per heavy atom. The number of nitrogens with one attached hydrogen (secondary N) is 1. The van der Waals surface area contributed by atoms with Gasteiger partial charge in [0.25, 0.3) is 5.91 Å². The number of hydrogen-bond acceptors (Lipinski definition) is 4. The first-order chi connectivity index (χ1) is 14.5. The highest BCUT2D eigenvalue weighted by Gasteiger charge is 2.29. The van der Waals surface area contributed by atoms with Gasteiger partial charge in [-0.3, -0.25) is 14.3 Å². The number of likely N-dealkylation sites (tertiary alicyclic amines) is 1. The second-order valence-electron chi connectivity index (χ2n) is 7.26. The average Bonchev–Trinajstić information content (AvgIpc) is 3.43. The van der Waals surface area contributed by atoms with Crippen LogP contribution in [-0.2, 0) is 11.3 Å². The number of aromatic nitrogens is 4. The maximum absolute atomic E-state index is 13.1. The number of anilines is 1. The monoisotopic (exact) mass is 410 g/mol. The zero-order valence-corrected chi connectivity index (χ0v) is 16.7. The first kappa shape index (κ1) is 19.8. The summed E-state index contributed by atoms with van der Waals surface area (Å²) < 4.78 is 16.4. The van der Waals surface area contributed by atoms with Gasteiger partial charge < -0.3 is 10.2 Å². The summed E-state index contributed by atoms with van der Waals surface area (Å²) in [6, 6.07) is 7.55. The van der Waals surface area contributed by atoms with Crippen molar-refractivity contribution in [1.82, 2.24) is 24.5 Å². The topological polar surface area (TPSA) is 85.0 Å². The third kappa shape index (κ3) is 4.24. The summed E-state index contributed by atoms with van der Waals surface area (Å²) in [5.41, 5.74) is 1.69. The van der Waals surface area contributed by atoms with Crippen LogP contribution in [0.1, 0.15) is 30.3 Å².